The molecule has 0 aromatic heterocycles. The molecule has 5 nitrogen and oxygen atoms in total. The average Bonchev–Trinajstić information content (AvgIpc) is 2.44. The van der Waals surface area contributed by atoms with Crippen molar-refractivity contribution in [2.24, 2.45) is 0 Å². The van der Waals surface area contributed by atoms with Gasteiger partial charge in [0.25, 0.3) is 11.6 Å². The Morgan fingerprint density at radius 3 is 2.30 bits per heavy atom. The highest BCUT2D eigenvalue weighted by molar-refractivity contribution is 6.35. The van der Waals surface area contributed by atoms with Gasteiger partial charge in [-0.1, -0.05) is 38.4 Å². The van der Waals surface area contributed by atoms with Gasteiger partial charge < -0.3 is 5.32 Å². The topological polar surface area (TPSA) is 72.2 Å². The summed E-state index contributed by atoms with van der Waals surface area (Å²) in [4.78, 5) is 22.6. The van der Waals surface area contributed by atoms with Crippen molar-refractivity contribution in [3.05, 3.63) is 38.9 Å². The lowest BCUT2D eigenvalue weighted by Crippen LogP contribution is -2.47. The summed E-state index contributed by atoms with van der Waals surface area (Å²) in [5, 5.41) is 13.7. The number of nitrogens with zero attached hydrogens (tertiary/aromatic N) is 1. The van der Waals surface area contributed by atoms with Crippen molar-refractivity contribution in [1.82, 2.24) is 5.32 Å². The standard InChI is InChI=1S/C14H19ClN2O3/c1-4-14(5-2,6-3)16-13(18)10-8-7-9-11(12(10)15)17(19)20/h7-9H,4-6H2,1-3H3,(H,16,18). The molecule has 0 saturated carbocycles. The lowest BCUT2D eigenvalue weighted by atomic mass is 9.89. The minimum Gasteiger partial charge on any atom is -0.347 e. The van der Waals surface area contributed by atoms with E-state index < -0.39 is 4.92 Å². The molecule has 0 unspecified atom stereocenters. The van der Waals surface area contributed by atoms with Crippen molar-refractivity contribution in [2.45, 2.75) is 45.6 Å². The first-order valence-corrected chi connectivity index (χ1v) is 7.04. The fraction of sp³-hybridized carbons (Fsp3) is 0.500. The van der Waals surface area contributed by atoms with Crippen molar-refractivity contribution in [3.8, 4) is 0 Å². The quantitative estimate of drug-likeness (QED) is 0.638. The monoisotopic (exact) mass is 298 g/mol. The molecule has 0 spiro atoms. The van der Waals surface area contributed by atoms with Crippen LogP contribution in [0.1, 0.15) is 50.4 Å². The Morgan fingerprint density at radius 2 is 1.85 bits per heavy atom. The smallest absolute Gasteiger partial charge is 0.288 e. The molecule has 20 heavy (non-hydrogen) atoms. The van der Waals surface area contributed by atoms with Crippen LogP contribution < -0.4 is 5.32 Å². The van der Waals surface area contributed by atoms with E-state index in [0.717, 1.165) is 19.3 Å². The molecular formula is C14H19ClN2O3. The number of hydrogen-bond donors (Lipinski definition) is 1. The van der Waals surface area contributed by atoms with Crippen molar-refractivity contribution in [3.63, 3.8) is 0 Å². The maximum Gasteiger partial charge on any atom is 0.288 e. The van der Waals surface area contributed by atoms with E-state index in [1.54, 1.807) is 0 Å². The fourth-order valence-corrected chi connectivity index (χ4v) is 2.44. The predicted octanol–water partition coefficient (Wildman–Crippen LogP) is 3.95. The summed E-state index contributed by atoms with van der Waals surface area (Å²) in [6, 6.07) is 4.24. The highest BCUT2D eigenvalue weighted by Crippen LogP contribution is 2.29. The van der Waals surface area contributed by atoms with Crippen LogP contribution in [-0.2, 0) is 0 Å². The van der Waals surface area contributed by atoms with E-state index in [-0.39, 0.29) is 27.7 Å². The third-order valence-electron chi connectivity index (χ3n) is 3.83. The van der Waals surface area contributed by atoms with Crippen molar-refractivity contribution >= 4 is 23.2 Å². The molecule has 1 aromatic carbocycles. The minimum absolute atomic E-state index is 0.118. The van der Waals surface area contributed by atoms with Crippen molar-refractivity contribution in [2.75, 3.05) is 0 Å². The molecule has 0 atom stereocenters. The summed E-state index contributed by atoms with van der Waals surface area (Å²) in [6.07, 6.45) is 2.37. The van der Waals surface area contributed by atoms with Crippen LogP contribution in [0.15, 0.2) is 18.2 Å². The Bertz CT molecular complexity index is 505. The Kier molecular flexibility index (Phi) is 5.51. The third kappa shape index (κ3) is 3.28. The van der Waals surface area contributed by atoms with Crippen LogP contribution in [0.5, 0.6) is 0 Å². The molecule has 1 rings (SSSR count). The summed E-state index contributed by atoms with van der Waals surface area (Å²) in [7, 11) is 0. The lowest BCUT2D eigenvalue weighted by Gasteiger charge is -2.31. The predicted molar refractivity (Wildman–Crippen MR) is 79.2 cm³/mol. The molecular weight excluding hydrogens is 280 g/mol. The van der Waals surface area contributed by atoms with Crippen molar-refractivity contribution in [1.29, 1.82) is 0 Å². The van der Waals surface area contributed by atoms with Crippen LogP contribution in [0.3, 0.4) is 0 Å². The number of nitro benzene ring substituents is 1. The Labute approximate surface area is 123 Å². The van der Waals surface area contributed by atoms with Crippen LogP contribution in [-0.4, -0.2) is 16.4 Å². The Balaban J connectivity index is 3.10. The van der Waals surface area contributed by atoms with E-state index in [4.69, 9.17) is 11.6 Å². The highest BCUT2D eigenvalue weighted by atomic mass is 35.5. The van der Waals surface area contributed by atoms with Crippen LogP contribution >= 0.6 is 11.6 Å². The largest absolute Gasteiger partial charge is 0.347 e. The van der Waals surface area contributed by atoms with Gasteiger partial charge in [-0.2, -0.15) is 0 Å². The lowest BCUT2D eigenvalue weighted by molar-refractivity contribution is -0.384. The molecule has 1 amide bonds. The van der Waals surface area contributed by atoms with Crippen molar-refractivity contribution < 1.29 is 9.72 Å². The molecule has 0 saturated heterocycles. The maximum absolute atomic E-state index is 12.3. The number of halogens is 1. The van der Waals surface area contributed by atoms with Gasteiger partial charge in [-0.05, 0) is 25.3 Å². The van der Waals surface area contributed by atoms with Gasteiger partial charge in [0.1, 0.15) is 5.02 Å². The van der Waals surface area contributed by atoms with E-state index in [2.05, 4.69) is 5.32 Å². The zero-order valence-corrected chi connectivity index (χ0v) is 12.7. The maximum atomic E-state index is 12.3. The van der Waals surface area contributed by atoms with Gasteiger partial charge in [-0.25, -0.2) is 0 Å². The summed E-state index contributed by atoms with van der Waals surface area (Å²) >= 11 is 5.95. The first kappa shape index (κ1) is 16.4. The number of carbonyl (C=O) groups is 1. The first-order chi connectivity index (χ1) is 9.40. The minimum atomic E-state index is -0.591. The second kappa shape index (κ2) is 6.70. The Hall–Kier alpha value is -1.62. The third-order valence-corrected chi connectivity index (χ3v) is 4.23. The van der Waals surface area contributed by atoms with E-state index in [1.165, 1.54) is 18.2 Å². The van der Waals surface area contributed by atoms with Gasteiger partial charge in [0.05, 0.1) is 10.5 Å². The number of carbonyl (C=O) groups excluding carboxylic acids is 1. The Morgan fingerprint density at radius 1 is 1.30 bits per heavy atom. The number of benzene rings is 1. The molecule has 1 N–H and O–H groups in total. The number of amides is 1. The second-order valence-electron chi connectivity index (χ2n) is 4.69. The molecule has 0 heterocycles. The molecule has 0 bridgehead atoms. The van der Waals surface area contributed by atoms with Crippen LogP contribution in [0.25, 0.3) is 0 Å². The van der Waals surface area contributed by atoms with E-state index in [1.807, 2.05) is 20.8 Å². The normalized spacial score (nSPS) is 11.2. The molecule has 110 valence electrons. The number of nitro groups is 1. The zero-order valence-electron chi connectivity index (χ0n) is 11.9. The molecule has 0 aliphatic carbocycles. The first-order valence-electron chi connectivity index (χ1n) is 6.66. The number of nitrogens with one attached hydrogen (secondary N) is 1. The van der Waals surface area contributed by atoms with Gasteiger partial charge in [0.15, 0.2) is 0 Å². The summed E-state index contributed by atoms with van der Waals surface area (Å²) in [6.45, 7) is 6.01. The fourth-order valence-electron chi connectivity index (χ4n) is 2.16. The van der Waals surface area contributed by atoms with E-state index in [0.29, 0.717) is 0 Å². The van der Waals surface area contributed by atoms with Gasteiger partial charge in [0, 0.05) is 11.6 Å². The molecule has 0 aliphatic rings. The highest BCUT2D eigenvalue weighted by Gasteiger charge is 2.28. The molecule has 6 heteroatoms. The second-order valence-corrected chi connectivity index (χ2v) is 5.07. The van der Waals surface area contributed by atoms with Gasteiger partial charge in [0.2, 0.25) is 0 Å². The van der Waals surface area contributed by atoms with E-state index in [9.17, 15) is 14.9 Å². The number of hydrogen-bond acceptors (Lipinski definition) is 3. The summed E-state index contributed by atoms with van der Waals surface area (Å²) in [5.41, 5.74) is -0.416. The van der Waals surface area contributed by atoms with Crippen LogP contribution in [0.2, 0.25) is 5.02 Å². The van der Waals surface area contributed by atoms with Crippen LogP contribution in [0.4, 0.5) is 5.69 Å². The summed E-state index contributed by atoms with van der Waals surface area (Å²) in [5.74, 6) is -0.371. The molecule has 0 aliphatic heterocycles. The molecule has 0 radical (unpaired) electrons. The zero-order chi connectivity index (χ0) is 15.3. The molecule has 0 fully saturated rings. The summed E-state index contributed by atoms with van der Waals surface area (Å²) < 4.78 is 0. The van der Waals surface area contributed by atoms with Gasteiger partial charge >= 0.3 is 0 Å². The van der Waals surface area contributed by atoms with Gasteiger partial charge in [-0.15, -0.1) is 0 Å². The number of rotatable bonds is 6. The van der Waals surface area contributed by atoms with E-state index >= 15 is 0 Å². The SMILES string of the molecule is CCC(CC)(CC)NC(=O)c1cccc([N+](=O)[O-])c1Cl. The molecule has 1 aromatic rings. The van der Waals surface area contributed by atoms with Gasteiger partial charge in [-0.3, -0.25) is 14.9 Å². The van der Waals surface area contributed by atoms with Crippen LogP contribution in [0, 0.1) is 10.1 Å². The average molecular weight is 299 g/mol.